The van der Waals surface area contributed by atoms with Gasteiger partial charge in [-0.15, -0.1) is 0 Å². The van der Waals surface area contributed by atoms with Crippen LogP contribution in [0.25, 0.3) is 0 Å². The molecule has 9 heteroatoms. The Kier molecular flexibility index (Phi) is 4.85. The molecule has 0 amide bonds. The van der Waals surface area contributed by atoms with Gasteiger partial charge >= 0.3 is 5.69 Å². The second-order valence-corrected chi connectivity index (χ2v) is 6.12. The number of hydrogen-bond donors (Lipinski definition) is 0. The van der Waals surface area contributed by atoms with Crippen molar-refractivity contribution in [2.75, 3.05) is 0 Å². The molecule has 2 rings (SSSR count). The van der Waals surface area contributed by atoms with Gasteiger partial charge in [0.15, 0.2) is 0 Å². The molecule has 0 bridgehead atoms. The summed E-state index contributed by atoms with van der Waals surface area (Å²) in [7, 11) is 0. The Morgan fingerprint density at radius 1 is 1.20 bits per heavy atom. The maximum atomic E-state index is 11.0. The Labute approximate surface area is 140 Å². The van der Waals surface area contributed by atoms with Crippen molar-refractivity contribution in [3.8, 4) is 11.6 Å². The van der Waals surface area contributed by atoms with E-state index in [2.05, 4.69) is 36.8 Å². The number of halogens is 4. The normalized spacial score (nSPS) is 10.4. The van der Waals surface area contributed by atoms with Crippen LogP contribution in [0.2, 0.25) is 10.0 Å². The zero-order valence-electron chi connectivity index (χ0n) is 9.44. The molecule has 104 valence electrons. The molecule has 0 saturated carbocycles. The lowest BCUT2D eigenvalue weighted by Crippen LogP contribution is -1.96. The first-order chi connectivity index (χ1) is 9.38. The van der Waals surface area contributed by atoms with Crippen LogP contribution in [0.3, 0.4) is 0 Å². The van der Waals surface area contributed by atoms with Gasteiger partial charge in [-0.25, -0.2) is 4.98 Å². The SMILES string of the molecule is O=[N+]([O-])c1cc(Br)cnc1Oc1cc(Cl)c(Br)cc1Cl. The van der Waals surface area contributed by atoms with Gasteiger partial charge in [-0.05, 0) is 37.9 Å². The van der Waals surface area contributed by atoms with Crippen LogP contribution in [0.15, 0.2) is 33.3 Å². The minimum Gasteiger partial charge on any atom is -0.432 e. The first-order valence-corrected chi connectivity index (χ1v) is 7.35. The van der Waals surface area contributed by atoms with Crippen LogP contribution in [-0.4, -0.2) is 9.91 Å². The molecule has 1 aromatic carbocycles. The molecule has 0 fully saturated rings. The van der Waals surface area contributed by atoms with Gasteiger partial charge in [0, 0.05) is 27.3 Å². The highest BCUT2D eigenvalue weighted by Gasteiger charge is 2.19. The highest BCUT2D eigenvalue weighted by atomic mass is 79.9. The van der Waals surface area contributed by atoms with E-state index in [0.717, 1.165) is 0 Å². The molecule has 1 heterocycles. The Morgan fingerprint density at radius 2 is 1.90 bits per heavy atom. The van der Waals surface area contributed by atoms with E-state index in [-0.39, 0.29) is 22.3 Å². The summed E-state index contributed by atoms with van der Waals surface area (Å²) in [5.41, 5.74) is -0.283. The molecule has 0 aliphatic carbocycles. The van der Waals surface area contributed by atoms with Crippen LogP contribution in [0.4, 0.5) is 5.69 Å². The van der Waals surface area contributed by atoms with Crippen LogP contribution in [0.1, 0.15) is 0 Å². The number of pyridine rings is 1. The molecule has 0 saturated heterocycles. The van der Waals surface area contributed by atoms with E-state index in [1.165, 1.54) is 24.4 Å². The van der Waals surface area contributed by atoms with E-state index in [0.29, 0.717) is 14.0 Å². The third-order valence-electron chi connectivity index (χ3n) is 2.18. The van der Waals surface area contributed by atoms with Crippen molar-refractivity contribution >= 4 is 60.7 Å². The number of hydrogen-bond acceptors (Lipinski definition) is 4. The number of benzene rings is 1. The van der Waals surface area contributed by atoms with Gasteiger partial charge in [-0.2, -0.15) is 0 Å². The molecule has 0 radical (unpaired) electrons. The fourth-order valence-corrected chi connectivity index (χ4v) is 2.46. The van der Waals surface area contributed by atoms with Crippen molar-refractivity contribution in [3.05, 3.63) is 53.5 Å². The molecule has 0 unspecified atom stereocenters. The largest absolute Gasteiger partial charge is 0.432 e. The predicted molar refractivity (Wildman–Crippen MR) is 82.8 cm³/mol. The summed E-state index contributed by atoms with van der Waals surface area (Å²) in [6.45, 7) is 0. The quantitative estimate of drug-likeness (QED) is 0.352. The summed E-state index contributed by atoms with van der Waals surface area (Å²) < 4.78 is 6.44. The summed E-state index contributed by atoms with van der Waals surface area (Å²) >= 11 is 18.2. The zero-order chi connectivity index (χ0) is 14.9. The Balaban J connectivity index is 2.45. The number of nitro groups is 1. The first-order valence-electron chi connectivity index (χ1n) is 5.01. The van der Waals surface area contributed by atoms with E-state index in [1.807, 2.05) is 0 Å². The predicted octanol–water partition coefficient (Wildman–Crippen LogP) is 5.61. The summed E-state index contributed by atoms with van der Waals surface area (Å²) in [6.07, 6.45) is 1.39. The summed E-state index contributed by atoms with van der Waals surface area (Å²) in [4.78, 5) is 14.2. The molecule has 0 aliphatic rings. The zero-order valence-corrected chi connectivity index (χ0v) is 14.1. The molecule has 0 atom stereocenters. The van der Waals surface area contributed by atoms with Crippen molar-refractivity contribution in [1.82, 2.24) is 4.98 Å². The molecule has 20 heavy (non-hydrogen) atoms. The van der Waals surface area contributed by atoms with E-state index in [9.17, 15) is 10.1 Å². The lowest BCUT2D eigenvalue weighted by molar-refractivity contribution is -0.386. The van der Waals surface area contributed by atoms with Crippen molar-refractivity contribution in [2.24, 2.45) is 0 Å². The van der Waals surface area contributed by atoms with Gasteiger partial charge in [0.1, 0.15) is 5.75 Å². The second-order valence-electron chi connectivity index (χ2n) is 3.53. The minimum absolute atomic E-state index is 0.168. The third-order valence-corrected chi connectivity index (χ3v) is 4.10. The van der Waals surface area contributed by atoms with Crippen molar-refractivity contribution in [1.29, 1.82) is 0 Å². The Morgan fingerprint density at radius 3 is 2.55 bits per heavy atom. The first kappa shape index (κ1) is 15.5. The molecule has 5 nitrogen and oxygen atoms in total. The van der Waals surface area contributed by atoms with E-state index in [1.54, 1.807) is 0 Å². The number of nitrogens with zero attached hydrogens (tertiary/aromatic N) is 2. The van der Waals surface area contributed by atoms with Crippen LogP contribution in [0, 0.1) is 10.1 Å². The maximum Gasteiger partial charge on any atom is 0.332 e. The van der Waals surface area contributed by atoms with Crippen molar-refractivity contribution < 1.29 is 9.66 Å². The fraction of sp³-hybridized carbons (Fsp3) is 0. The highest BCUT2D eigenvalue weighted by molar-refractivity contribution is 9.10. The standard InChI is InChI=1S/C11H4Br2Cl2N2O3/c12-5-1-9(17(18)19)11(16-4-5)20-10-3-7(14)6(13)2-8(10)15/h1-4H. The molecule has 2 aromatic rings. The third kappa shape index (κ3) is 3.41. The van der Waals surface area contributed by atoms with Crippen molar-refractivity contribution in [3.63, 3.8) is 0 Å². The summed E-state index contributed by atoms with van der Waals surface area (Å²) in [6, 6.07) is 4.27. The van der Waals surface area contributed by atoms with Crippen LogP contribution in [0.5, 0.6) is 11.6 Å². The average Bonchev–Trinajstić information content (AvgIpc) is 2.37. The van der Waals surface area contributed by atoms with Gasteiger partial charge in [-0.1, -0.05) is 23.2 Å². The molecule has 0 aliphatic heterocycles. The van der Waals surface area contributed by atoms with E-state index >= 15 is 0 Å². The molecule has 0 spiro atoms. The van der Waals surface area contributed by atoms with Crippen LogP contribution in [-0.2, 0) is 0 Å². The van der Waals surface area contributed by atoms with Gasteiger partial charge in [0.05, 0.1) is 15.0 Å². The van der Waals surface area contributed by atoms with Gasteiger partial charge < -0.3 is 4.74 Å². The smallest absolute Gasteiger partial charge is 0.332 e. The average molecular weight is 443 g/mol. The van der Waals surface area contributed by atoms with Crippen LogP contribution >= 0.6 is 55.1 Å². The van der Waals surface area contributed by atoms with Gasteiger partial charge in [0.2, 0.25) is 0 Å². The number of aromatic nitrogens is 1. The summed E-state index contributed by atoms with van der Waals surface area (Å²) in [5.74, 6) is 0.0104. The Hall–Kier alpha value is -0.890. The number of ether oxygens (including phenoxy) is 1. The summed E-state index contributed by atoms with van der Waals surface area (Å²) in [5, 5.41) is 11.6. The van der Waals surface area contributed by atoms with Gasteiger partial charge in [0.25, 0.3) is 5.88 Å². The van der Waals surface area contributed by atoms with E-state index < -0.39 is 4.92 Å². The minimum atomic E-state index is -0.596. The fourth-order valence-electron chi connectivity index (χ4n) is 1.31. The lowest BCUT2D eigenvalue weighted by Gasteiger charge is -2.08. The molecular weight excluding hydrogens is 439 g/mol. The second kappa shape index (κ2) is 6.26. The topological polar surface area (TPSA) is 65.3 Å². The molecule has 1 aromatic heterocycles. The molecule has 0 N–H and O–H groups in total. The Bertz CT molecular complexity index is 698. The van der Waals surface area contributed by atoms with E-state index in [4.69, 9.17) is 27.9 Å². The highest BCUT2D eigenvalue weighted by Crippen LogP contribution is 2.38. The monoisotopic (exact) mass is 440 g/mol. The maximum absolute atomic E-state index is 11.0. The number of rotatable bonds is 3. The van der Waals surface area contributed by atoms with Crippen LogP contribution < -0.4 is 4.74 Å². The van der Waals surface area contributed by atoms with Gasteiger partial charge in [-0.3, -0.25) is 10.1 Å². The molecular formula is C11H4Br2Cl2N2O3. The lowest BCUT2D eigenvalue weighted by atomic mass is 10.3. The van der Waals surface area contributed by atoms with Crippen molar-refractivity contribution in [2.45, 2.75) is 0 Å².